The van der Waals surface area contributed by atoms with Crippen molar-refractivity contribution in [3.63, 3.8) is 0 Å². The van der Waals surface area contributed by atoms with Crippen LogP contribution < -0.4 is 0 Å². The summed E-state index contributed by atoms with van der Waals surface area (Å²) >= 11 is 0. The molecular weight excluding hydrogens is 254 g/mol. The summed E-state index contributed by atoms with van der Waals surface area (Å²) in [4.78, 5) is 13.3. The molecule has 0 saturated heterocycles. The van der Waals surface area contributed by atoms with Crippen LogP contribution in [0.3, 0.4) is 0 Å². The Balaban J connectivity index is 2.53. The highest BCUT2D eigenvalue weighted by molar-refractivity contribution is 5.91. The van der Waals surface area contributed by atoms with E-state index in [-0.39, 0.29) is 19.1 Å². The molecule has 0 radical (unpaired) electrons. The van der Waals surface area contributed by atoms with Crippen LogP contribution >= 0.6 is 0 Å². The van der Waals surface area contributed by atoms with Crippen molar-refractivity contribution >= 4 is 12.0 Å². The molecule has 0 aliphatic heterocycles. The van der Waals surface area contributed by atoms with E-state index in [0.717, 1.165) is 12.0 Å². The Labute approximate surface area is 120 Å². The highest BCUT2D eigenvalue weighted by Crippen LogP contribution is 2.07. The fourth-order valence-corrected chi connectivity index (χ4v) is 1.81. The first-order chi connectivity index (χ1) is 9.56. The molecule has 4 heteroatoms. The molecule has 0 aliphatic carbocycles. The summed E-state index contributed by atoms with van der Waals surface area (Å²) in [6.45, 7) is 2.58. The van der Waals surface area contributed by atoms with Crippen molar-refractivity contribution in [2.45, 2.75) is 19.4 Å². The Morgan fingerprint density at radius 3 is 2.60 bits per heavy atom. The number of methoxy groups -OCH3 is 1. The first-order valence-corrected chi connectivity index (χ1v) is 6.76. The van der Waals surface area contributed by atoms with Crippen LogP contribution in [0.1, 0.15) is 18.1 Å². The maximum absolute atomic E-state index is 11.9. The molecule has 1 N–H and O–H groups in total. The standard InChI is InChI=1S/C16H23NO3/c1-4-13-5-7-14(8-6-13)9-10-16(19)17(2)11-15(18)12-20-3/h5-10,15,18H,4,11-12H2,1-3H3. The van der Waals surface area contributed by atoms with Gasteiger partial charge in [-0.15, -0.1) is 0 Å². The Kier molecular flexibility index (Phi) is 6.98. The number of carbonyl (C=O) groups excluding carboxylic acids is 1. The smallest absolute Gasteiger partial charge is 0.246 e. The monoisotopic (exact) mass is 277 g/mol. The predicted octanol–water partition coefficient (Wildman–Crippen LogP) is 1.73. The molecule has 0 spiro atoms. The second-order valence-corrected chi connectivity index (χ2v) is 4.76. The summed E-state index contributed by atoms with van der Waals surface area (Å²) in [5.41, 5.74) is 2.26. The molecule has 0 bridgehead atoms. The van der Waals surface area contributed by atoms with Gasteiger partial charge >= 0.3 is 0 Å². The third-order valence-corrected chi connectivity index (χ3v) is 3.03. The SMILES string of the molecule is CCc1ccc(C=CC(=O)N(C)CC(O)COC)cc1. The molecule has 0 aliphatic rings. The van der Waals surface area contributed by atoms with Crippen molar-refractivity contribution < 1.29 is 14.6 Å². The molecular formula is C16H23NO3. The summed E-state index contributed by atoms with van der Waals surface area (Å²) in [5, 5.41) is 9.57. The van der Waals surface area contributed by atoms with Crippen LogP contribution in [0.2, 0.25) is 0 Å². The summed E-state index contributed by atoms with van der Waals surface area (Å²) in [5.74, 6) is -0.139. The number of hydrogen-bond acceptors (Lipinski definition) is 3. The number of likely N-dealkylation sites (N-methyl/N-ethyl adjacent to an activating group) is 1. The quantitative estimate of drug-likeness (QED) is 0.772. The van der Waals surface area contributed by atoms with Crippen LogP contribution in [-0.2, 0) is 16.0 Å². The second kappa shape index (κ2) is 8.51. The van der Waals surface area contributed by atoms with E-state index in [4.69, 9.17) is 4.74 Å². The number of amides is 1. The number of aliphatic hydroxyl groups excluding tert-OH is 1. The third-order valence-electron chi connectivity index (χ3n) is 3.03. The van der Waals surface area contributed by atoms with E-state index in [1.54, 1.807) is 13.1 Å². The molecule has 0 aromatic heterocycles. The molecule has 4 nitrogen and oxygen atoms in total. The summed E-state index contributed by atoms with van der Waals surface area (Å²) in [6, 6.07) is 8.08. The Bertz CT molecular complexity index is 440. The van der Waals surface area contributed by atoms with Gasteiger partial charge in [-0.1, -0.05) is 31.2 Å². The second-order valence-electron chi connectivity index (χ2n) is 4.76. The zero-order valence-corrected chi connectivity index (χ0v) is 12.4. The molecule has 0 heterocycles. The van der Waals surface area contributed by atoms with Crippen molar-refractivity contribution in [2.24, 2.45) is 0 Å². The van der Waals surface area contributed by atoms with E-state index in [0.29, 0.717) is 0 Å². The molecule has 20 heavy (non-hydrogen) atoms. The van der Waals surface area contributed by atoms with Crippen molar-refractivity contribution in [3.05, 3.63) is 41.5 Å². The Morgan fingerprint density at radius 1 is 1.40 bits per heavy atom. The van der Waals surface area contributed by atoms with Crippen molar-refractivity contribution in [1.82, 2.24) is 4.90 Å². The van der Waals surface area contributed by atoms with Gasteiger partial charge in [0, 0.05) is 26.8 Å². The molecule has 1 atom stereocenters. The number of nitrogens with zero attached hydrogens (tertiary/aromatic N) is 1. The fraction of sp³-hybridized carbons (Fsp3) is 0.438. The highest BCUT2D eigenvalue weighted by Gasteiger charge is 2.10. The predicted molar refractivity (Wildman–Crippen MR) is 80.4 cm³/mol. The van der Waals surface area contributed by atoms with E-state index < -0.39 is 6.10 Å². The number of aryl methyl sites for hydroxylation is 1. The van der Waals surface area contributed by atoms with Crippen LogP contribution in [0.5, 0.6) is 0 Å². The van der Waals surface area contributed by atoms with Crippen molar-refractivity contribution in [3.8, 4) is 0 Å². The Hall–Kier alpha value is -1.65. The van der Waals surface area contributed by atoms with E-state index >= 15 is 0 Å². The lowest BCUT2D eigenvalue weighted by Gasteiger charge is -2.18. The Morgan fingerprint density at radius 2 is 2.05 bits per heavy atom. The largest absolute Gasteiger partial charge is 0.389 e. The van der Waals surface area contributed by atoms with Gasteiger partial charge in [-0.3, -0.25) is 4.79 Å². The fourth-order valence-electron chi connectivity index (χ4n) is 1.81. The number of benzene rings is 1. The minimum Gasteiger partial charge on any atom is -0.389 e. The number of hydrogen-bond donors (Lipinski definition) is 1. The van der Waals surface area contributed by atoms with E-state index in [9.17, 15) is 9.90 Å². The highest BCUT2D eigenvalue weighted by atomic mass is 16.5. The summed E-state index contributed by atoms with van der Waals surface area (Å²) in [6.07, 6.45) is 3.64. The lowest BCUT2D eigenvalue weighted by molar-refractivity contribution is -0.126. The van der Waals surface area contributed by atoms with E-state index in [1.807, 2.05) is 12.1 Å². The lowest BCUT2D eigenvalue weighted by atomic mass is 10.1. The van der Waals surface area contributed by atoms with Gasteiger partial charge in [-0.05, 0) is 23.6 Å². The van der Waals surface area contributed by atoms with Crippen LogP contribution in [0, 0.1) is 0 Å². The molecule has 110 valence electrons. The average molecular weight is 277 g/mol. The van der Waals surface area contributed by atoms with Crippen LogP contribution in [0.15, 0.2) is 30.3 Å². The number of rotatable bonds is 7. The maximum atomic E-state index is 11.9. The van der Waals surface area contributed by atoms with Gasteiger partial charge in [0.1, 0.15) is 0 Å². The summed E-state index contributed by atoms with van der Waals surface area (Å²) < 4.78 is 4.83. The molecule has 0 saturated carbocycles. The average Bonchev–Trinajstić information content (AvgIpc) is 2.45. The molecule has 1 aromatic carbocycles. The van der Waals surface area contributed by atoms with E-state index in [2.05, 4.69) is 19.1 Å². The normalized spacial score (nSPS) is 12.6. The lowest BCUT2D eigenvalue weighted by Crippen LogP contribution is -2.35. The molecule has 1 rings (SSSR count). The number of carbonyl (C=O) groups is 1. The molecule has 0 fully saturated rings. The molecule has 1 aromatic rings. The minimum atomic E-state index is -0.661. The minimum absolute atomic E-state index is 0.139. The zero-order valence-electron chi connectivity index (χ0n) is 12.4. The number of ether oxygens (including phenoxy) is 1. The zero-order chi connectivity index (χ0) is 15.0. The number of aliphatic hydroxyl groups is 1. The van der Waals surface area contributed by atoms with Gasteiger partial charge in [0.15, 0.2) is 0 Å². The van der Waals surface area contributed by atoms with Crippen LogP contribution in [0.4, 0.5) is 0 Å². The maximum Gasteiger partial charge on any atom is 0.246 e. The van der Waals surface area contributed by atoms with Gasteiger partial charge in [0.2, 0.25) is 5.91 Å². The van der Waals surface area contributed by atoms with Gasteiger partial charge in [0.05, 0.1) is 12.7 Å². The van der Waals surface area contributed by atoms with Gasteiger partial charge < -0.3 is 14.7 Å². The van der Waals surface area contributed by atoms with Crippen LogP contribution in [0.25, 0.3) is 6.08 Å². The topological polar surface area (TPSA) is 49.8 Å². The van der Waals surface area contributed by atoms with Crippen molar-refractivity contribution in [2.75, 3.05) is 27.3 Å². The first kappa shape index (κ1) is 16.4. The van der Waals surface area contributed by atoms with Crippen molar-refractivity contribution in [1.29, 1.82) is 0 Å². The third kappa shape index (κ3) is 5.55. The van der Waals surface area contributed by atoms with Crippen LogP contribution in [-0.4, -0.2) is 49.3 Å². The van der Waals surface area contributed by atoms with Gasteiger partial charge in [-0.25, -0.2) is 0 Å². The first-order valence-electron chi connectivity index (χ1n) is 6.76. The molecule has 1 unspecified atom stereocenters. The summed E-state index contributed by atoms with van der Waals surface area (Å²) in [7, 11) is 3.18. The van der Waals surface area contributed by atoms with Gasteiger partial charge in [-0.2, -0.15) is 0 Å². The van der Waals surface area contributed by atoms with Gasteiger partial charge in [0.25, 0.3) is 0 Å². The van der Waals surface area contributed by atoms with E-state index in [1.165, 1.54) is 23.6 Å². The molecule has 1 amide bonds.